The van der Waals surface area contributed by atoms with E-state index in [1.54, 1.807) is 12.1 Å². The SMILES string of the molecule is CC(C=O)c1ccc(Cl)cc1. The fourth-order valence-electron chi connectivity index (χ4n) is 0.845. The van der Waals surface area contributed by atoms with Crippen molar-refractivity contribution in [2.45, 2.75) is 12.8 Å². The van der Waals surface area contributed by atoms with Crippen LogP contribution in [0.5, 0.6) is 0 Å². The summed E-state index contributed by atoms with van der Waals surface area (Å²) in [5.74, 6) is -0.0349. The lowest BCUT2D eigenvalue weighted by atomic mass is 10.0. The maximum absolute atomic E-state index is 10.4. The van der Waals surface area contributed by atoms with Gasteiger partial charge in [0.2, 0.25) is 0 Å². The van der Waals surface area contributed by atoms with E-state index in [-0.39, 0.29) is 5.92 Å². The Hall–Kier alpha value is -0.820. The summed E-state index contributed by atoms with van der Waals surface area (Å²) in [6.45, 7) is 1.86. The lowest BCUT2D eigenvalue weighted by Gasteiger charge is -2.02. The van der Waals surface area contributed by atoms with E-state index in [2.05, 4.69) is 0 Å². The first-order chi connectivity index (χ1) is 5.24. The van der Waals surface area contributed by atoms with Crippen molar-refractivity contribution in [3.63, 3.8) is 0 Å². The molecule has 0 aliphatic rings. The van der Waals surface area contributed by atoms with Gasteiger partial charge in [-0.1, -0.05) is 30.7 Å². The van der Waals surface area contributed by atoms with Crippen LogP contribution in [0, 0.1) is 0 Å². The lowest BCUT2D eigenvalue weighted by Crippen LogP contribution is -1.92. The van der Waals surface area contributed by atoms with Gasteiger partial charge in [-0.2, -0.15) is 0 Å². The largest absolute Gasteiger partial charge is 0.303 e. The van der Waals surface area contributed by atoms with Crippen molar-refractivity contribution in [2.75, 3.05) is 0 Å². The Balaban J connectivity index is 2.89. The summed E-state index contributed by atoms with van der Waals surface area (Å²) >= 11 is 5.67. The third-order valence-corrected chi connectivity index (χ3v) is 1.85. The lowest BCUT2D eigenvalue weighted by molar-refractivity contribution is -0.108. The summed E-state index contributed by atoms with van der Waals surface area (Å²) < 4.78 is 0. The van der Waals surface area contributed by atoms with E-state index >= 15 is 0 Å². The zero-order valence-corrected chi connectivity index (χ0v) is 7.01. The minimum atomic E-state index is -0.0349. The van der Waals surface area contributed by atoms with Gasteiger partial charge in [0.1, 0.15) is 6.29 Å². The second-order valence-corrected chi connectivity index (χ2v) is 2.91. The molecular formula is C9H9ClO. The molecule has 1 atom stereocenters. The molecule has 11 heavy (non-hydrogen) atoms. The summed E-state index contributed by atoms with van der Waals surface area (Å²) in [6, 6.07) is 7.30. The van der Waals surface area contributed by atoms with Crippen LogP contribution >= 0.6 is 11.6 Å². The summed E-state index contributed by atoms with van der Waals surface area (Å²) in [7, 11) is 0. The molecule has 1 rings (SSSR count). The van der Waals surface area contributed by atoms with E-state index < -0.39 is 0 Å². The molecular weight excluding hydrogens is 160 g/mol. The molecule has 0 aliphatic heterocycles. The topological polar surface area (TPSA) is 17.1 Å². The summed E-state index contributed by atoms with van der Waals surface area (Å²) in [5.41, 5.74) is 1.00. The highest BCUT2D eigenvalue weighted by Gasteiger charge is 2.01. The molecule has 0 spiro atoms. The average Bonchev–Trinajstić information content (AvgIpc) is 2.05. The van der Waals surface area contributed by atoms with E-state index in [0.29, 0.717) is 5.02 Å². The number of carbonyl (C=O) groups excluding carboxylic acids is 1. The number of aldehydes is 1. The molecule has 58 valence electrons. The van der Waals surface area contributed by atoms with E-state index in [4.69, 9.17) is 11.6 Å². The Morgan fingerprint density at radius 1 is 1.36 bits per heavy atom. The number of hydrogen-bond acceptors (Lipinski definition) is 1. The molecule has 0 N–H and O–H groups in total. The highest BCUT2D eigenvalue weighted by Crippen LogP contribution is 2.15. The fourth-order valence-corrected chi connectivity index (χ4v) is 0.971. The van der Waals surface area contributed by atoms with Crippen LogP contribution in [0.1, 0.15) is 18.4 Å². The van der Waals surface area contributed by atoms with Gasteiger partial charge in [-0.3, -0.25) is 0 Å². The first-order valence-electron chi connectivity index (χ1n) is 3.45. The molecule has 0 aromatic heterocycles. The van der Waals surface area contributed by atoms with Crippen LogP contribution in [0.2, 0.25) is 5.02 Å². The molecule has 1 aromatic rings. The van der Waals surface area contributed by atoms with Gasteiger partial charge in [-0.25, -0.2) is 0 Å². The van der Waals surface area contributed by atoms with Crippen LogP contribution in [0.15, 0.2) is 24.3 Å². The summed E-state index contributed by atoms with van der Waals surface area (Å²) in [4.78, 5) is 10.4. The predicted octanol–water partition coefficient (Wildman–Crippen LogP) is 2.64. The number of rotatable bonds is 2. The highest BCUT2D eigenvalue weighted by molar-refractivity contribution is 6.30. The number of halogens is 1. The van der Waals surface area contributed by atoms with Crippen molar-refractivity contribution >= 4 is 17.9 Å². The third kappa shape index (κ3) is 2.05. The molecule has 0 saturated carbocycles. The van der Waals surface area contributed by atoms with Gasteiger partial charge in [0.25, 0.3) is 0 Å². The van der Waals surface area contributed by atoms with Gasteiger partial charge in [0.15, 0.2) is 0 Å². The Morgan fingerprint density at radius 2 is 1.91 bits per heavy atom. The van der Waals surface area contributed by atoms with Gasteiger partial charge < -0.3 is 4.79 Å². The maximum atomic E-state index is 10.4. The first kappa shape index (κ1) is 8.28. The van der Waals surface area contributed by atoms with Gasteiger partial charge in [-0.15, -0.1) is 0 Å². The third-order valence-electron chi connectivity index (χ3n) is 1.60. The Kier molecular flexibility index (Phi) is 2.66. The van der Waals surface area contributed by atoms with Crippen molar-refractivity contribution < 1.29 is 4.79 Å². The molecule has 0 fully saturated rings. The van der Waals surface area contributed by atoms with Crippen LogP contribution < -0.4 is 0 Å². The maximum Gasteiger partial charge on any atom is 0.127 e. The van der Waals surface area contributed by atoms with E-state index in [1.165, 1.54) is 0 Å². The zero-order chi connectivity index (χ0) is 8.27. The van der Waals surface area contributed by atoms with Gasteiger partial charge in [-0.05, 0) is 17.7 Å². The Morgan fingerprint density at radius 3 is 2.36 bits per heavy atom. The van der Waals surface area contributed by atoms with Crippen LogP contribution in [-0.2, 0) is 4.79 Å². The van der Waals surface area contributed by atoms with Crippen molar-refractivity contribution in [1.29, 1.82) is 0 Å². The van der Waals surface area contributed by atoms with Crippen LogP contribution in [0.3, 0.4) is 0 Å². The van der Waals surface area contributed by atoms with E-state index in [0.717, 1.165) is 11.8 Å². The molecule has 0 saturated heterocycles. The number of carbonyl (C=O) groups is 1. The highest BCUT2D eigenvalue weighted by atomic mass is 35.5. The minimum absolute atomic E-state index is 0.0349. The van der Waals surface area contributed by atoms with Gasteiger partial charge >= 0.3 is 0 Å². The first-order valence-corrected chi connectivity index (χ1v) is 3.82. The second kappa shape index (κ2) is 3.54. The van der Waals surface area contributed by atoms with Crippen LogP contribution in [0.4, 0.5) is 0 Å². The molecule has 0 bridgehead atoms. The number of benzene rings is 1. The molecule has 1 aromatic carbocycles. The smallest absolute Gasteiger partial charge is 0.127 e. The van der Waals surface area contributed by atoms with Crippen LogP contribution in [-0.4, -0.2) is 6.29 Å². The molecule has 2 heteroatoms. The minimum Gasteiger partial charge on any atom is -0.303 e. The monoisotopic (exact) mass is 168 g/mol. The summed E-state index contributed by atoms with van der Waals surface area (Å²) in [5, 5.41) is 0.701. The zero-order valence-electron chi connectivity index (χ0n) is 6.25. The number of hydrogen-bond donors (Lipinski definition) is 0. The van der Waals surface area contributed by atoms with E-state index in [1.807, 2.05) is 19.1 Å². The Labute approximate surface area is 71.0 Å². The molecule has 1 unspecified atom stereocenters. The molecule has 1 nitrogen and oxygen atoms in total. The average molecular weight is 169 g/mol. The molecule has 0 heterocycles. The van der Waals surface area contributed by atoms with Gasteiger partial charge in [0.05, 0.1) is 0 Å². The van der Waals surface area contributed by atoms with Crippen molar-refractivity contribution in [3.05, 3.63) is 34.9 Å². The van der Waals surface area contributed by atoms with E-state index in [9.17, 15) is 4.79 Å². The Bertz CT molecular complexity index is 240. The summed E-state index contributed by atoms with van der Waals surface area (Å²) in [6.07, 6.45) is 0.920. The van der Waals surface area contributed by atoms with Crippen LogP contribution in [0.25, 0.3) is 0 Å². The second-order valence-electron chi connectivity index (χ2n) is 2.48. The molecule has 0 aliphatic carbocycles. The molecule has 0 amide bonds. The molecule has 0 radical (unpaired) electrons. The van der Waals surface area contributed by atoms with Crippen molar-refractivity contribution in [1.82, 2.24) is 0 Å². The fraction of sp³-hybridized carbons (Fsp3) is 0.222. The van der Waals surface area contributed by atoms with Crippen molar-refractivity contribution in [2.24, 2.45) is 0 Å². The van der Waals surface area contributed by atoms with Crippen molar-refractivity contribution in [3.8, 4) is 0 Å². The quantitative estimate of drug-likeness (QED) is 0.621. The normalized spacial score (nSPS) is 12.5. The predicted molar refractivity (Wildman–Crippen MR) is 45.9 cm³/mol. The van der Waals surface area contributed by atoms with Gasteiger partial charge in [0, 0.05) is 10.9 Å². The standard InChI is InChI=1S/C9H9ClO/c1-7(6-11)8-2-4-9(10)5-3-8/h2-7H,1H3.